The maximum absolute atomic E-state index is 8.72. The molecule has 2 heteroatoms. The number of unbranched alkanes of at least 4 members (excludes halogenated alkanes) is 1. The van der Waals surface area contributed by atoms with Crippen LogP contribution in [0.15, 0.2) is 0 Å². The minimum atomic E-state index is 0.314. The molecule has 0 spiro atoms. The van der Waals surface area contributed by atoms with E-state index in [-0.39, 0.29) is 0 Å². The first-order valence-corrected chi connectivity index (χ1v) is 4.66. The molecule has 0 aliphatic heterocycles. The van der Waals surface area contributed by atoms with Crippen LogP contribution >= 0.6 is 0 Å². The van der Waals surface area contributed by atoms with Crippen molar-refractivity contribution in [1.82, 2.24) is 0 Å². The Morgan fingerprint density at radius 1 is 1.27 bits per heavy atom. The third-order valence-electron chi connectivity index (χ3n) is 2.08. The Balaban J connectivity index is 3.34. The van der Waals surface area contributed by atoms with Crippen LogP contribution in [0.3, 0.4) is 0 Å². The molecule has 0 aromatic carbocycles. The molecule has 0 radical (unpaired) electrons. The van der Waals surface area contributed by atoms with E-state index in [9.17, 15) is 0 Å². The fourth-order valence-corrected chi connectivity index (χ4v) is 1.34. The Kier molecular flexibility index (Phi) is 7.96. The number of hydrogen-bond donors (Lipinski definition) is 2. The average Bonchev–Trinajstić information content (AvgIpc) is 2.01. The molecule has 1 atom stereocenters. The number of nitrogens with two attached hydrogens (primary N) is 1. The highest BCUT2D eigenvalue weighted by Gasteiger charge is 2.05. The van der Waals surface area contributed by atoms with E-state index in [0.29, 0.717) is 12.5 Å². The zero-order valence-electron chi connectivity index (χ0n) is 7.55. The van der Waals surface area contributed by atoms with Gasteiger partial charge in [-0.3, -0.25) is 0 Å². The van der Waals surface area contributed by atoms with E-state index in [1.807, 2.05) is 0 Å². The van der Waals surface area contributed by atoms with Crippen molar-refractivity contribution < 1.29 is 5.11 Å². The van der Waals surface area contributed by atoms with E-state index in [1.54, 1.807) is 0 Å². The van der Waals surface area contributed by atoms with Crippen LogP contribution in [0.1, 0.15) is 39.0 Å². The largest absolute Gasteiger partial charge is 0.396 e. The van der Waals surface area contributed by atoms with Gasteiger partial charge in [0.15, 0.2) is 0 Å². The van der Waals surface area contributed by atoms with Crippen molar-refractivity contribution in [3.8, 4) is 0 Å². The summed E-state index contributed by atoms with van der Waals surface area (Å²) in [6, 6.07) is 0. The van der Waals surface area contributed by atoms with Crippen LogP contribution in [0.25, 0.3) is 0 Å². The molecule has 0 aliphatic rings. The maximum Gasteiger partial charge on any atom is 0.0433 e. The van der Waals surface area contributed by atoms with Gasteiger partial charge in [-0.1, -0.05) is 26.2 Å². The summed E-state index contributed by atoms with van der Waals surface area (Å²) in [7, 11) is 0. The highest BCUT2D eigenvalue weighted by atomic mass is 16.3. The molecule has 0 saturated carbocycles. The highest BCUT2D eigenvalue weighted by Crippen LogP contribution is 2.15. The zero-order chi connectivity index (χ0) is 8.53. The van der Waals surface area contributed by atoms with Crippen molar-refractivity contribution >= 4 is 0 Å². The van der Waals surface area contributed by atoms with Crippen molar-refractivity contribution in [3.63, 3.8) is 0 Å². The van der Waals surface area contributed by atoms with Crippen LogP contribution in [0.2, 0.25) is 0 Å². The summed E-state index contributed by atoms with van der Waals surface area (Å²) in [5.41, 5.74) is 5.45. The summed E-state index contributed by atoms with van der Waals surface area (Å²) in [6.45, 7) is 3.27. The predicted octanol–water partition coefficient (Wildman–Crippen LogP) is 1.52. The van der Waals surface area contributed by atoms with Crippen LogP contribution in [0.5, 0.6) is 0 Å². The SMILES string of the molecule is CCCCC(CCN)CCO. The molecule has 0 saturated heterocycles. The standard InChI is InChI=1S/C9H21NO/c1-2-3-4-9(5-7-10)6-8-11/h9,11H,2-8,10H2,1H3. The molecule has 2 nitrogen and oxygen atoms in total. The van der Waals surface area contributed by atoms with Crippen LogP contribution in [0.4, 0.5) is 0 Å². The summed E-state index contributed by atoms with van der Waals surface area (Å²) < 4.78 is 0. The Morgan fingerprint density at radius 2 is 2.00 bits per heavy atom. The molecule has 1 unspecified atom stereocenters. The smallest absolute Gasteiger partial charge is 0.0433 e. The first-order valence-electron chi connectivity index (χ1n) is 4.66. The lowest BCUT2D eigenvalue weighted by Gasteiger charge is -2.13. The first-order chi connectivity index (χ1) is 5.35. The zero-order valence-corrected chi connectivity index (χ0v) is 7.55. The van der Waals surface area contributed by atoms with E-state index in [0.717, 1.165) is 19.4 Å². The number of rotatable bonds is 7. The quantitative estimate of drug-likeness (QED) is 0.591. The lowest BCUT2D eigenvalue weighted by molar-refractivity contribution is 0.246. The van der Waals surface area contributed by atoms with E-state index in [2.05, 4.69) is 6.92 Å². The Hall–Kier alpha value is -0.0800. The van der Waals surface area contributed by atoms with Crippen molar-refractivity contribution in [1.29, 1.82) is 0 Å². The van der Waals surface area contributed by atoms with Crippen molar-refractivity contribution in [2.75, 3.05) is 13.2 Å². The molecule has 0 aromatic rings. The normalized spacial score (nSPS) is 13.4. The van der Waals surface area contributed by atoms with Gasteiger partial charge in [0.1, 0.15) is 0 Å². The lowest BCUT2D eigenvalue weighted by atomic mass is 9.95. The van der Waals surface area contributed by atoms with Gasteiger partial charge in [-0.05, 0) is 25.3 Å². The second-order valence-corrected chi connectivity index (χ2v) is 3.10. The molecule has 3 N–H and O–H groups in total. The third kappa shape index (κ3) is 6.32. The minimum absolute atomic E-state index is 0.314. The van der Waals surface area contributed by atoms with Crippen LogP contribution in [0, 0.1) is 5.92 Å². The maximum atomic E-state index is 8.72. The highest BCUT2D eigenvalue weighted by molar-refractivity contribution is 4.59. The van der Waals surface area contributed by atoms with Gasteiger partial charge in [0, 0.05) is 6.61 Å². The fourth-order valence-electron chi connectivity index (χ4n) is 1.34. The van der Waals surface area contributed by atoms with Crippen LogP contribution < -0.4 is 5.73 Å². The average molecular weight is 159 g/mol. The van der Waals surface area contributed by atoms with Gasteiger partial charge in [0.2, 0.25) is 0 Å². The third-order valence-corrected chi connectivity index (χ3v) is 2.08. The summed E-state index contributed by atoms with van der Waals surface area (Å²) in [5.74, 6) is 0.657. The van der Waals surface area contributed by atoms with Crippen LogP contribution in [-0.2, 0) is 0 Å². The Labute approximate surface area is 69.8 Å². The molecule has 0 aliphatic carbocycles. The second kappa shape index (κ2) is 8.02. The summed E-state index contributed by atoms with van der Waals surface area (Å²) in [4.78, 5) is 0. The van der Waals surface area contributed by atoms with Crippen molar-refractivity contribution in [3.05, 3.63) is 0 Å². The molecular formula is C9H21NO. The molecule has 0 amide bonds. The Bertz CT molecular complexity index is 70.0. The minimum Gasteiger partial charge on any atom is -0.396 e. The molecule has 0 aromatic heterocycles. The van der Waals surface area contributed by atoms with E-state index in [1.165, 1.54) is 19.3 Å². The molecule has 0 fully saturated rings. The molecule has 68 valence electrons. The van der Waals surface area contributed by atoms with Gasteiger partial charge in [-0.25, -0.2) is 0 Å². The number of aliphatic hydroxyl groups is 1. The van der Waals surface area contributed by atoms with Gasteiger partial charge in [-0.15, -0.1) is 0 Å². The van der Waals surface area contributed by atoms with E-state index < -0.39 is 0 Å². The second-order valence-electron chi connectivity index (χ2n) is 3.10. The van der Waals surface area contributed by atoms with E-state index >= 15 is 0 Å². The van der Waals surface area contributed by atoms with Gasteiger partial charge >= 0.3 is 0 Å². The van der Waals surface area contributed by atoms with Gasteiger partial charge in [-0.2, -0.15) is 0 Å². The molecule has 0 bridgehead atoms. The molecule has 0 rings (SSSR count). The molecule has 0 heterocycles. The summed E-state index contributed by atoms with van der Waals surface area (Å²) >= 11 is 0. The van der Waals surface area contributed by atoms with Crippen molar-refractivity contribution in [2.45, 2.75) is 39.0 Å². The predicted molar refractivity (Wildman–Crippen MR) is 48.4 cm³/mol. The first kappa shape index (κ1) is 10.9. The van der Waals surface area contributed by atoms with Gasteiger partial charge < -0.3 is 10.8 Å². The fraction of sp³-hybridized carbons (Fsp3) is 1.00. The number of hydrogen-bond acceptors (Lipinski definition) is 2. The summed E-state index contributed by atoms with van der Waals surface area (Å²) in [6.07, 6.45) is 5.74. The van der Waals surface area contributed by atoms with Crippen LogP contribution in [-0.4, -0.2) is 18.3 Å². The topological polar surface area (TPSA) is 46.2 Å². The molecular weight excluding hydrogens is 138 g/mol. The Morgan fingerprint density at radius 3 is 2.45 bits per heavy atom. The molecule has 11 heavy (non-hydrogen) atoms. The van der Waals surface area contributed by atoms with Gasteiger partial charge in [0.05, 0.1) is 0 Å². The lowest BCUT2D eigenvalue weighted by Crippen LogP contribution is -2.10. The van der Waals surface area contributed by atoms with E-state index in [4.69, 9.17) is 10.8 Å². The van der Waals surface area contributed by atoms with Crippen molar-refractivity contribution in [2.24, 2.45) is 11.7 Å². The number of aliphatic hydroxyl groups excluding tert-OH is 1. The monoisotopic (exact) mass is 159 g/mol. The van der Waals surface area contributed by atoms with Gasteiger partial charge in [0.25, 0.3) is 0 Å². The summed E-state index contributed by atoms with van der Waals surface area (Å²) in [5, 5.41) is 8.72.